The molecule has 35 heavy (non-hydrogen) atoms. The number of benzene rings is 2. The third-order valence-electron chi connectivity index (χ3n) is 6.08. The standard InChI is InChI=1S/C27H27N3O4S/c1-13-12-17-24(35-26(30-17)25(28)32)21(19(13)23(14(2)31)34-27(3,4)5)16-6-7-18-20-15(9-11-33-18)8-10-29-22(16)20/h6-8,10,12,23H,9,11H2,1-5H3,(H2,28,32)/t23-/m1/s1. The van der Waals surface area contributed by atoms with Crippen LogP contribution in [-0.4, -0.2) is 33.9 Å². The summed E-state index contributed by atoms with van der Waals surface area (Å²) in [6, 6.07) is 7.82. The number of nitrogens with zero attached hydrogens (tertiary/aromatic N) is 2. The molecule has 8 heteroatoms. The van der Waals surface area contributed by atoms with Crippen LogP contribution in [0.1, 0.15) is 60.3 Å². The van der Waals surface area contributed by atoms with Crippen LogP contribution in [0.5, 0.6) is 5.75 Å². The van der Waals surface area contributed by atoms with Crippen molar-refractivity contribution >= 4 is 44.1 Å². The maximum absolute atomic E-state index is 13.0. The number of hydrogen-bond donors (Lipinski definition) is 1. The number of Topliss-reactive ketones (excluding diaryl/α,β-unsaturated/α-hetero) is 1. The van der Waals surface area contributed by atoms with Crippen LogP contribution in [0.15, 0.2) is 30.5 Å². The van der Waals surface area contributed by atoms with Gasteiger partial charge in [-0.2, -0.15) is 0 Å². The third kappa shape index (κ3) is 4.06. The largest absolute Gasteiger partial charge is 0.493 e. The van der Waals surface area contributed by atoms with Crippen molar-refractivity contribution in [2.45, 2.75) is 52.7 Å². The summed E-state index contributed by atoms with van der Waals surface area (Å²) in [5.74, 6) is 0.0934. The van der Waals surface area contributed by atoms with E-state index in [1.54, 1.807) is 6.20 Å². The number of hydrogen-bond acceptors (Lipinski definition) is 7. The molecule has 1 aliphatic rings. The highest BCUT2D eigenvalue weighted by molar-refractivity contribution is 7.20. The number of ether oxygens (including phenoxy) is 2. The number of aryl methyl sites for hydroxylation is 1. The van der Waals surface area contributed by atoms with E-state index in [-0.39, 0.29) is 10.8 Å². The highest BCUT2D eigenvalue weighted by Gasteiger charge is 2.32. The zero-order valence-corrected chi connectivity index (χ0v) is 21.2. The molecule has 0 aliphatic carbocycles. The molecule has 2 N–H and O–H groups in total. The molecule has 1 amide bonds. The zero-order chi connectivity index (χ0) is 25.1. The van der Waals surface area contributed by atoms with Gasteiger partial charge in [0.1, 0.15) is 11.9 Å². The van der Waals surface area contributed by atoms with Crippen LogP contribution in [0, 0.1) is 6.92 Å². The molecule has 4 aromatic rings. The molecular formula is C27H27N3O4S. The molecule has 0 saturated carbocycles. The Labute approximate surface area is 207 Å². The van der Waals surface area contributed by atoms with Gasteiger partial charge in [-0.15, -0.1) is 11.3 Å². The lowest BCUT2D eigenvalue weighted by molar-refractivity contribution is -0.138. The van der Waals surface area contributed by atoms with E-state index < -0.39 is 17.6 Å². The first-order valence-electron chi connectivity index (χ1n) is 11.5. The second kappa shape index (κ2) is 8.39. The van der Waals surface area contributed by atoms with Crippen molar-refractivity contribution in [1.82, 2.24) is 9.97 Å². The molecule has 1 aliphatic heterocycles. The average Bonchev–Trinajstić information content (AvgIpc) is 3.21. The van der Waals surface area contributed by atoms with Crippen molar-refractivity contribution in [1.29, 1.82) is 0 Å². The molecule has 1 atom stereocenters. The first-order valence-corrected chi connectivity index (χ1v) is 12.3. The Balaban J connectivity index is 1.92. The second-order valence-corrected chi connectivity index (χ2v) is 10.8. The van der Waals surface area contributed by atoms with E-state index in [1.807, 2.05) is 52.0 Å². The summed E-state index contributed by atoms with van der Waals surface area (Å²) >= 11 is 1.22. The van der Waals surface area contributed by atoms with Crippen LogP contribution in [0.2, 0.25) is 0 Å². The van der Waals surface area contributed by atoms with E-state index in [0.717, 1.165) is 50.0 Å². The summed E-state index contributed by atoms with van der Waals surface area (Å²) in [4.78, 5) is 34.3. The number of aromatic nitrogens is 2. The van der Waals surface area contributed by atoms with Gasteiger partial charge in [-0.3, -0.25) is 14.6 Å². The number of nitrogens with two attached hydrogens (primary N) is 1. The minimum absolute atomic E-state index is 0.109. The highest BCUT2D eigenvalue weighted by Crippen LogP contribution is 2.46. The van der Waals surface area contributed by atoms with Gasteiger partial charge in [0.15, 0.2) is 10.8 Å². The molecule has 0 spiro atoms. The van der Waals surface area contributed by atoms with E-state index in [1.165, 1.54) is 23.8 Å². The van der Waals surface area contributed by atoms with E-state index in [0.29, 0.717) is 12.1 Å². The number of thiazole rings is 1. The molecular weight excluding hydrogens is 462 g/mol. The fourth-order valence-corrected chi connectivity index (χ4v) is 5.69. The zero-order valence-electron chi connectivity index (χ0n) is 20.4. The molecule has 7 nitrogen and oxygen atoms in total. The van der Waals surface area contributed by atoms with Gasteiger partial charge in [0, 0.05) is 34.7 Å². The predicted octanol–water partition coefficient (Wildman–Crippen LogP) is 5.30. The lowest BCUT2D eigenvalue weighted by atomic mass is 9.88. The Morgan fingerprint density at radius 3 is 2.69 bits per heavy atom. The smallest absolute Gasteiger partial charge is 0.277 e. The van der Waals surface area contributed by atoms with Crippen molar-refractivity contribution < 1.29 is 19.1 Å². The summed E-state index contributed by atoms with van der Waals surface area (Å²) in [5, 5.41) is 1.18. The highest BCUT2D eigenvalue weighted by atomic mass is 32.1. The summed E-state index contributed by atoms with van der Waals surface area (Å²) in [6.45, 7) is 9.87. The summed E-state index contributed by atoms with van der Waals surface area (Å²) < 4.78 is 13.0. The molecule has 0 saturated heterocycles. The summed E-state index contributed by atoms with van der Waals surface area (Å²) in [6.07, 6.45) is 1.79. The van der Waals surface area contributed by atoms with Gasteiger partial charge in [0.2, 0.25) is 0 Å². The fourth-order valence-electron chi connectivity index (χ4n) is 4.72. The number of pyridine rings is 1. The topological polar surface area (TPSA) is 104 Å². The van der Waals surface area contributed by atoms with E-state index in [2.05, 4.69) is 4.98 Å². The molecule has 0 radical (unpaired) electrons. The van der Waals surface area contributed by atoms with Gasteiger partial charge in [-0.1, -0.05) is 0 Å². The van der Waals surface area contributed by atoms with E-state index >= 15 is 0 Å². The number of fused-ring (bicyclic) bond motifs is 1. The lowest BCUT2D eigenvalue weighted by Crippen LogP contribution is -2.27. The monoisotopic (exact) mass is 489 g/mol. The van der Waals surface area contributed by atoms with Crippen LogP contribution in [0.25, 0.3) is 32.2 Å². The number of carbonyl (C=O) groups excluding carboxylic acids is 2. The second-order valence-electron chi connectivity index (χ2n) is 9.84. The van der Waals surface area contributed by atoms with Gasteiger partial charge in [0.05, 0.1) is 27.9 Å². The maximum Gasteiger partial charge on any atom is 0.277 e. The number of amides is 1. The van der Waals surface area contributed by atoms with Crippen molar-refractivity contribution in [2.24, 2.45) is 5.73 Å². The molecule has 5 rings (SSSR count). The van der Waals surface area contributed by atoms with Crippen LogP contribution in [-0.2, 0) is 16.0 Å². The van der Waals surface area contributed by atoms with Crippen molar-refractivity contribution in [3.8, 4) is 16.9 Å². The molecule has 0 unspecified atom stereocenters. The Morgan fingerprint density at radius 1 is 1.23 bits per heavy atom. The minimum atomic E-state index is -0.810. The van der Waals surface area contributed by atoms with Crippen LogP contribution >= 0.6 is 11.3 Å². The van der Waals surface area contributed by atoms with Crippen LogP contribution in [0.3, 0.4) is 0 Å². The number of rotatable bonds is 5. The number of ketones is 1. The van der Waals surface area contributed by atoms with Crippen molar-refractivity contribution in [3.63, 3.8) is 0 Å². The van der Waals surface area contributed by atoms with Crippen molar-refractivity contribution in [2.75, 3.05) is 6.61 Å². The summed E-state index contributed by atoms with van der Waals surface area (Å²) in [7, 11) is 0. The molecule has 0 fully saturated rings. The Bertz CT molecular complexity index is 1510. The molecule has 2 aromatic heterocycles. The summed E-state index contributed by atoms with van der Waals surface area (Å²) in [5.41, 5.74) is 10.8. The van der Waals surface area contributed by atoms with Crippen molar-refractivity contribution in [3.05, 3.63) is 52.2 Å². The lowest BCUT2D eigenvalue weighted by Gasteiger charge is -2.29. The Morgan fingerprint density at radius 2 is 2.00 bits per heavy atom. The Kier molecular flexibility index (Phi) is 5.61. The molecule has 3 heterocycles. The van der Waals surface area contributed by atoms with Crippen LogP contribution in [0.4, 0.5) is 0 Å². The fraction of sp³-hybridized carbons (Fsp3) is 0.333. The number of carbonyl (C=O) groups is 2. The third-order valence-corrected chi connectivity index (χ3v) is 7.18. The minimum Gasteiger partial charge on any atom is -0.493 e. The van der Waals surface area contributed by atoms with Gasteiger partial charge in [-0.25, -0.2) is 4.98 Å². The molecule has 2 aromatic carbocycles. The predicted molar refractivity (Wildman–Crippen MR) is 137 cm³/mol. The first kappa shape index (κ1) is 23.4. The SMILES string of the molecule is CC(=O)[C@@H](OC(C)(C)C)c1c(C)cc2nc(C(N)=O)sc2c1-c1ccc2c3c(ccnc13)CCO2. The number of primary amides is 1. The van der Waals surface area contributed by atoms with Gasteiger partial charge < -0.3 is 15.2 Å². The Hall–Kier alpha value is -3.36. The maximum atomic E-state index is 13.0. The first-order chi connectivity index (χ1) is 16.5. The average molecular weight is 490 g/mol. The van der Waals surface area contributed by atoms with Gasteiger partial charge >= 0.3 is 0 Å². The molecule has 180 valence electrons. The quantitative estimate of drug-likeness (QED) is 0.408. The van der Waals surface area contributed by atoms with Crippen LogP contribution < -0.4 is 10.5 Å². The normalized spacial score (nSPS) is 14.2. The molecule has 0 bridgehead atoms. The van der Waals surface area contributed by atoms with Gasteiger partial charge in [0.25, 0.3) is 5.91 Å². The van der Waals surface area contributed by atoms with E-state index in [9.17, 15) is 9.59 Å². The van der Waals surface area contributed by atoms with E-state index in [4.69, 9.17) is 20.2 Å². The van der Waals surface area contributed by atoms with Gasteiger partial charge in [-0.05, 0) is 70.0 Å².